The molecule has 0 spiro atoms. The molecule has 2 aliphatic heterocycles. The fourth-order valence-electron chi connectivity index (χ4n) is 3.63. The standard InChI is InChI=1S/C21H22FNO3/c22-18-4-1-15(2-5-18)14-23-9-7-16(8-10-23)21(24)17-3-6-19-20(13-17)26-12-11-25-19/h1-6,13,16H,7-12,14H2. The maximum atomic E-state index is 13.0. The zero-order chi connectivity index (χ0) is 17.9. The summed E-state index contributed by atoms with van der Waals surface area (Å²) in [4.78, 5) is 15.2. The highest BCUT2D eigenvalue weighted by Gasteiger charge is 2.27. The summed E-state index contributed by atoms with van der Waals surface area (Å²) < 4.78 is 24.1. The number of halogens is 1. The number of Topliss-reactive ketones (excluding diaryl/α,β-unsaturated/α-hetero) is 1. The highest BCUT2D eigenvalue weighted by Crippen LogP contribution is 2.32. The van der Waals surface area contributed by atoms with Gasteiger partial charge in [-0.2, -0.15) is 0 Å². The second kappa shape index (κ2) is 7.46. The first kappa shape index (κ1) is 17.0. The van der Waals surface area contributed by atoms with Gasteiger partial charge >= 0.3 is 0 Å². The highest BCUT2D eigenvalue weighted by molar-refractivity contribution is 5.98. The first-order valence-corrected chi connectivity index (χ1v) is 9.10. The van der Waals surface area contributed by atoms with Crippen molar-refractivity contribution in [3.8, 4) is 11.5 Å². The van der Waals surface area contributed by atoms with Crippen LogP contribution in [-0.4, -0.2) is 37.0 Å². The minimum atomic E-state index is -0.211. The summed E-state index contributed by atoms with van der Waals surface area (Å²) >= 11 is 0. The summed E-state index contributed by atoms with van der Waals surface area (Å²) in [5.74, 6) is 1.39. The molecule has 0 radical (unpaired) electrons. The van der Waals surface area contributed by atoms with Gasteiger partial charge in [-0.3, -0.25) is 9.69 Å². The molecule has 2 heterocycles. The minimum Gasteiger partial charge on any atom is -0.486 e. The number of benzene rings is 2. The molecular formula is C21H22FNO3. The molecule has 0 aromatic heterocycles. The monoisotopic (exact) mass is 355 g/mol. The lowest BCUT2D eigenvalue weighted by molar-refractivity contribution is 0.0833. The number of rotatable bonds is 4. The van der Waals surface area contributed by atoms with Crippen molar-refractivity contribution in [1.29, 1.82) is 0 Å². The van der Waals surface area contributed by atoms with Gasteiger partial charge in [0.05, 0.1) is 0 Å². The Labute approximate surface area is 152 Å². The van der Waals surface area contributed by atoms with Gasteiger partial charge < -0.3 is 9.47 Å². The van der Waals surface area contributed by atoms with Crippen molar-refractivity contribution in [2.45, 2.75) is 19.4 Å². The first-order valence-electron chi connectivity index (χ1n) is 9.10. The topological polar surface area (TPSA) is 38.8 Å². The van der Waals surface area contributed by atoms with E-state index in [0.29, 0.717) is 30.3 Å². The molecule has 0 N–H and O–H groups in total. The number of piperidine rings is 1. The maximum absolute atomic E-state index is 13.0. The maximum Gasteiger partial charge on any atom is 0.166 e. The van der Waals surface area contributed by atoms with Crippen molar-refractivity contribution < 1.29 is 18.7 Å². The predicted octanol–water partition coefficient (Wildman–Crippen LogP) is 3.69. The van der Waals surface area contributed by atoms with Gasteiger partial charge in [0.15, 0.2) is 17.3 Å². The van der Waals surface area contributed by atoms with Crippen molar-refractivity contribution in [3.63, 3.8) is 0 Å². The van der Waals surface area contributed by atoms with E-state index in [0.717, 1.165) is 38.0 Å². The quantitative estimate of drug-likeness (QED) is 0.784. The third-order valence-electron chi connectivity index (χ3n) is 5.10. The number of carbonyl (C=O) groups is 1. The number of ketones is 1. The van der Waals surface area contributed by atoms with E-state index < -0.39 is 0 Å². The summed E-state index contributed by atoms with van der Waals surface area (Å²) in [6.45, 7) is 3.61. The molecular weight excluding hydrogens is 333 g/mol. The Hall–Kier alpha value is -2.40. The largest absolute Gasteiger partial charge is 0.486 e. The Morgan fingerprint density at radius 3 is 2.42 bits per heavy atom. The van der Waals surface area contributed by atoms with Crippen LogP contribution in [0.15, 0.2) is 42.5 Å². The fraction of sp³-hybridized carbons (Fsp3) is 0.381. The van der Waals surface area contributed by atoms with Crippen molar-refractivity contribution in [3.05, 3.63) is 59.4 Å². The van der Waals surface area contributed by atoms with E-state index in [1.807, 2.05) is 30.3 Å². The van der Waals surface area contributed by atoms with Crippen molar-refractivity contribution in [1.82, 2.24) is 4.90 Å². The van der Waals surface area contributed by atoms with Crippen LogP contribution in [0.5, 0.6) is 11.5 Å². The number of likely N-dealkylation sites (tertiary alicyclic amines) is 1. The Kier molecular flexibility index (Phi) is 4.89. The second-order valence-electron chi connectivity index (χ2n) is 6.90. The summed E-state index contributed by atoms with van der Waals surface area (Å²) in [5.41, 5.74) is 1.80. The molecule has 0 atom stereocenters. The molecule has 2 aromatic rings. The van der Waals surface area contributed by atoms with Gasteiger partial charge in [-0.1, -0.05) is 12.1 Å². The zero-order valence-electron chi connectivity index (χ0n) is 14.6. The molecule has 4 nitrogen and oxygen atoms in total. The van der Waals surface area contributed by atoms with Gasteiger partial charge in [0.25, 0.3) is 0 Å². The molecule has 0 saturated carbocycles. The van der Waals surface area contributed by atoms with Crippen LogP contribution in [0.1, 0.15) is 28.8 Å². The summed E-state index contributed by atoms with van der Waals surface area (Å²) in [6, 6.07) is 12.1. The molecule has 0 bridgehead atoms. The van der Waals surface area contributed by atoms with E-state index in [4.69, 9.17) is 9.47 Å². The zero-order valence-corrected chi connectivity index (χ0v) is 14.6. The van der Waals surface area contributed by atoms with E-state index in [1.165, 1.54) is 12.1 Å². The van der Waals surface area contributed by atoms with Crippen LogP contribution in [0.2, 0.25) is 0 Å². The number of ether oxygens (including phenoxy) is 2. The lowest BCUT2D eigenvalue weighted by Crippen LogP contribution is -2.36. The van der Waals surface area contributed by atoms with Gasteiger partial charge in [0.2, 0.25) is 0 Å². The van der Waals surface area contributed by atoms with Crippen LogP contribution in [0, 0.1) is 11.7 Å². The number of hydrogen-bond acceptors (Lipinski definition) is 4. The van der Waals surface area contributed by atoms with E-state index >= 15 is 0 Å². The summed E-state index contributed by atoms with van der Waals surface area (Å²) in [7, 11) is 0. The number of carbonyl (C=O) groups excluding carboxylic acids is 1. The predicted molar refractivity (Wildman–Crippen MR) is 96.2 cm³/mol. The Morgan fingerprint density at radius 2 is 1.69 bits per heavy atom. The lowest BCUT2D eigenvalue weighted by atomic mass is 9.88. The van der Waals surface area contributed by atoms with Gasteiger partial charge in [0, 0.05) is 18.0 Å². The number of nitrogens with zero attached hydrogens (tertiary/aromatic N) is 1. The normalized spacial score (nSPS) is 17.9. The average Bonchev–Trinajstić information content (AvgIpc) is 2.69. The second-order valence-corrected chi connectivity index (χ2v) is 6.90. The van der Waals surface area contributed by atoms with Crippen LogP contribution >= 0.6 is 0 Å². The Morgan fingerprint density at radius 1 is 1.00 bits per heavy atom. The van der Waals surface area contributed by atoms with Gasteiger partial charge in [-0.05, 0) is 61.8 Å². The van der Waals surface area contributed by atoms with Gasteiger partial charge in [0.1, 0.15) is 19.0 Å². The number of fused-ring (bicyclic) bond motifs is 1. The molecule has 1 fully saturated rings. The molecule has 1 saturated heterocycles. The molecule has 0 aliphatic carbocycles. The van der Waals surface area contributed by atoms with Crippen LogP contribution < -0.4 is 9.47 Å². The highest BCUT2D eigenvalue weighted by atomic mass is 19.1. The van der Waals surface area contributed by atoms with Gasteiger partial charge in [-0.15, -0.1) is 0 Å². The first-order chi connectivity index (χ1) is 12.7. The Balaban J connectivity index is 1.35. The van der Waals surface area contributed by atoms with Crippen LogP contribution in [-0.2, 0) is 6.54 Å². The SMILES string of the molecule is O=C(c1ccc2c(c1)OCCO2)C1CCN(Cc2ccc(F)cc2)CC1. The van der Waals surface area contributed by atoms with E-state index in [2.05, 4.69) is 4.90 Å². The third-order valence-corrected chi connectivity index (χ3v) is 5.10. The van der Waals surface area contributed by atoms with Crippen molar-refractivity contribution >= 4 is 5.78 Å². The van der Waals surface area contributed by atoms with Crippen LogP contribution in [0.3, 0.4) is 0 Å². The summed E-state index contributed by atoms with van der Waals surface area (Å²) in [5, 5.41) is 0. The minimum absolute atomic E-state index is 0.0435. The van der Waals surface area contributed by atoms with E-state index in [-0.39, 0.29) is 17.5 Å². The molecule has 0 amide bonds. The molecule has 4 rings (SSSR count). The van der Waals surface area contributed by atoms with E-state index in [1.54, 1.807) is 0 Å². The Bertz CT molecular complexity index is 782. The van der Waals surface area contributed by atoms with Crippen LogP contribution in [0.4, 0.5) is 4.39 Å². The van der Waals surface area contributed by atoms with Crippen molar-refractivity contribution in [2.24, 2.45) is 5.92 Å². The third kappa shape index (κ3) is 3.73. The average molecular weight is 355 g/mol. The summed E-state index contributed by atoms with van der Waals surface area (Å²) in [6.07, 6.45) is 1.68. The molecule has 2 aromatic carbocycles. The van der Waals surface area contributed by atoms with E-state index in [9.17, 15) is 9.18 Å². The molecule has 136 valence electrons. The molecule has 26 heavy (non-hydrogen) atoms. The molecule has 2 aliphatic rings. The molecule has 5 heteroatoms. The van der Waals surface area contributed by atoms with Gasteiger partial charge in [-0.25, -0.2) is 4.39 Å². The fourth-order valence-corrected chi connectivity index (χ4v) is 3.63. The lowest BCUT2D eigenvalue weighted by Gasteiger charge is -2.31. The van der Waals surface area contributed by atoms with Crippen molar-refractivity contribution in [2.75, 3.05) is 26.3 Å². The smallest absolute Gasteiger partial charge is 0.166 e. The van der Waals surface area contributed by atoms with Crippen LogP contribution in [0.25, 0.3) is 0 Å². The number of hydrogen-bond donors (Lipinski definition) is 0. The molecule has 0 unspecified atom stereocenters.